The summed E-state index contributed by atoms with van der Waals surface area (Å²) in [6.45, 7) is 3.52. The molecule has 2 saturated heterocycles. The first-order valence-corrected chi connectivity index (χ1v) is 15.9. The molecule has 3 aromatic rings. The maximum atomic E-state index is 13.1. The third-order valence-corrected chi connectivity index (χ3v) is 10.4. The monoisotopic (exact) mass is 626 g/mol. The summed E-state index contributed by atoms with van der Waals surface area (Å²) in [5, 5.41) is 0. The Bertz CT molecular complexity index is 1480. The molecular formula is C30H31BrN2O6S. The molecule has 40 heavy (non-hydrogen) atoms. The number of likely N-dealkylation sites (tertiary alicyclic amines) is 2. The molecule has 2 fully saturated rings. The Kier molecular flexibility index (Phi) is 7.74. The van der Waals surface area contributed by atoms with Gasteiger partial charge in [0.05, 0.1) is 15.4 Å². The van der Waals surface area contributed by atoms with Crippen molar-refractivity contribution in [3.8, 4) is 17.2 Å². The number of hydrogen-bond donors (Lipinski definition) is 0. The van der Waals surface area contributed by atoms with Crippen molar-refractivity contribution in [1.29, 1.82) is 0 Å². The lowest BCUT2D eigenvalue weighted by molar-refractivity contribution is 0.0425. The Hall–Kier alpha value is -3.08. The largest absolute Gasteiger partial charge is 0.490 e. The Labute approximate surface area is 242 Å². The SMILES string of the molecule is O=C(c1ccccc1Br)N1CCC(N2CCC(Oc3ccc(S(=O)(=O)c4ccc5c(c4)OCO5)cc3)CC2)CC1. The Morgan fingerprint density at radius 2 is 1.50 bits per heavy atom. The molecule has 0 atom stereocenters. The summed E-state index contributed by atoms with van der Waals surface area (Å²) in [6.07, 6.45) is 3.85. The van der Waals surface area contributed by atoms with Gasteiger partial charge in [-0.25, -0.2) is 8.42 Å². The van der Waals surface area contributed by atoms with Gasteiger partial charge in [0.1, 0.15) is 11.9 Å². The van der Waals surface area contributed by atoms with E-state index in [1.807, 2.05) is 29.2 Å². The number of halogens is 1. The molecule has 6 rings (SSSR count). The van der Waals surface area contributed by atoms with Gasteiger partial charge in [-0.3, -0.25) is 9.69 Å². The van der Waals surface area contributed by atoms with E-state index < -0.39 is 9.84 Å². The number of ether oxygens (including phenoxy) is 3. The predicted octanol–water partition coefficient (Wildman–Crippen LogP) is 5.16. The van der Waals surface area contributed by atoms with Crippen molar-refractivity contribution < 1.29 is 27.4 Å². The molecule has 0 aromatic heterocycles. The summed E-state index contributed by atoms with van der Waals surface area (Å²) >= 11 is 3.50. The van der Waals surface area contributed by atoms with E-state index in [0.717, 1.165) is 61.9 Å². The maximum absolute atomic E-state index is 13.1. The molecule has 0 aliphatic carbocycles. The van der Waals surface area contributed by atoms with Gasteiger partial charge in [-0.15, -0.1) is 0 Å². The van der Waals surface area contributed by atoms with E-state index in [0.29, 0.717) is 23.3 Å². The lowest BCUT2D eigenvalue weighted by Crippen LogP contribution is -2.50. The molecule has 3 aromatic carbocycles. The Morgan fingerprint density at radius 1 is 0.825 bits per heavy atom. The molecule has 10 heteroatoms. The fraction of sp³-hybridized carbons (Fsp3) is 0.367. The fourth-order valence-corrected chi connectivity index (χ4v) is 7.40. The van der Waals surface area contributed by atoms with Gasteiger partial charge in [0.2, 0.25) is 16.6 Å². The summed E-state index contributed by atoms with van der Waals surface area (Å²) in [7, 11) is -3.68. The average molecular weight is 628 g/mol. The topological polar surface area (TPSA) is 85.4 Å². The highest BCUT2D eigenvalue weighted by Crippen LogP contribution is 2.36. The molecule has 0 radical (unpaired) electrons. The van der Waals surface area contributed by atoms with Crippen LogP contribution in [0.15, 0.2) is 81.0 Å². The zero-order valence-electron chi connectivity index (χ0n) is 22.0. The van der Waals surface area contributed by atoms with Crippen molar-refractivity contribution in [2.75, 3.05) is 33.0 Å². The minimum atomic E-state index is -3.68. The van der Waals surface area contributed by atoms with Gasteiger partial charge in [0, 0.05) is 42.8 Å². The van der Waals surface area contributed by atoms with Crippen LogP contribution in [0.3, 0.4) is 0 Å². The van der Waals surface area contributed by atoms with Crippen molar-refractivity contribution >= 4 is 31.7 Å². The Balaban J connectivity index is 0.991. The molecule has 3 aliphatic heterocycles. The normalized spacial score (nSPS) is 18.6. The van der Waals surface area contributed by atoms with Gasteiger partial charge in [-0.2, -0.15) is 0 Å². The number of sulfone groups is 1. The highest BCUT2D eigenvalue weighted by atomic mass is 79.9. The van der Waals surface area contributed by atoms with Crippen molar-refractivity contribution in [3.05, 3.63) is 76.8 Å². The zero-order valence-corrected chi connectivity index (χ0v) is 24.4. The van der Waals surface area contributed by atoms with Crippen molar-refractivity contribution in [2.45, 2.75) is 47.6 Å². The summed E-state index contributed by atoms with van der Waals surface area (Å²) < 4.78 is 43.9. The smallest absolute Gasteiger partial charge is 0.254 e. The lowest BCUT2D eigenvalue weighted by Gasteiger charge is -2.41. The number of nitrogens with zero attached hydrogens (tertiary/aromatic N) is 2. The van der Waals surface area contributed by atoms with Crippen LogP contribution in [0.4, 0.5) is 0 Å². The molecule has 0 saturated carbocycles. The van der Waals surface area contributed by atoms with Crippen LogP contribution in [0, 0.1) is 0 Å². The number of fused-ring (bicyclic) bond motifs is 1. The summed E-state index contributed by atoms with van der Waals surface area (Å²) in [4.78, 5) is 17.8. The average Bonchev–Trinajstić information content (AvgIpc) is 3.46. The van der Waals surface area contributed by atoms with Crippen LogP contribution in [-0.2, 0) is 9.84 Å². The van der Waals surface area contributed by atoms with E-state index in [9.17, 15) is 13.2 Å². The van der Waals surface area contributed by atoms with Crippen LogP contribution in [0.1, 0.15) is 36.0 Å². The van der Waals surface area contributed by atoms with Crippen LogP contribution in [0.25, 0.3) is 0 Å². The summed E-state index contributed by atoms with van der Waals surface area (Å²) in [5.74, 6) is 1.74. The highest BCUT2D eigenvalue weighted by Gasteiger charge is 2.31. The van der Waals surface area contributed by atoms with Gasteiger partial charge in [0.15, 0.2) is 11.5 Å². The second-order valence-electron chi connectivity index (χ2n) is 10.3. The zero-order chi connectivity index (χ0) is 27.7. The van der Waals surface area contributed by atoms with E-state index in [1.54, 1.807) is 30.3 Å². The van der Waals surface area contributed by atoms with Gasteiger partial charge in [-0.1, -0.05) is 12.1 Å². The maximum Gasteiger partial charge on any atom is 0.254 e. The van der Waals surface area contributed by atoms with Gasteiger partial charge in [-0.05, 0) is 90.1 Å². The second kappa shape index (κ2) is 11.4. The van der Waals surface area contributed by atoms with Crippen LogP contribution in [-0.4, -0.2) is 69.2 Å². The number of hydrogen-bond acceptors (Lipinski definition) is 7. The molecule has 210 valence electrons. The predicted molar refractivity (Wildman–Crippen MR) is 153 cm³/mol. The molecule has 0 bridgehead atoms. The number of amides is 1. The first-order chi connectivity index (χ1) is 19.4. The molecule has 8 nitrogen and oxygen atoms in total. The molecule has 3 heterocycles. The van der Waals surface area contributed by atoms with Crippen molar-refractivity contribution in [1.82, 2.24) is 9.80 Å². The molecule has 3 aliphatic rings. The van der Waals surface area contributed by atoms with Crippen LogP contribution >= 0.6 is 15.9 Å². The summed E-state index contributed by atoms with van der Waals surface area (Å²) in [5.41, 5.74) is 0.720. The van der Waals surface area contributed by atoms with Gasteiger partial charge in [0.25, 0.3) is 5.91 Å². The number of benzene rings is 3. The van der Waals surface area contributed by atoms with E-state index in [2.05, 4.69) is 20.8 Å². The number of carbonyl (C=O) groups excluding carboxylic acids is 1. The van der Waals surface area contributed by atoms with Crippen LogP contribution in [0.2, 0.25) is 0 Å². The highest BCUT2D eigenvalue weighted by molar-refractivity contribution is 9.10. The van der Waals surface area contributed by atoms with E-state index in [4.69, 9.17) is 14.2 Å². The van der Waals surface area contributed by atoms with Crippen molar-refractivity contribution in [3.63, 3.8) is 0 Å². The Morgan fingerprint density at radius 3 is 2.23 bits per heavy atom. The van der Waals surface area contributed by atoms with E-state index in [-0.39, 0.29) is 28.6 Å². The molecule has 0 N–H and O–H groups in total. The van der Waals surface area contributed by atoms with Crippen molar-refractivity contribution in [2.24, 2.45) is 0 Å². The fourth-order valence-electron chi connectivity index (χ4n) is 5.67. The van der Waals surface area contributed by atoms with E-state index >= 15 is 0 Å². The molecule has 1 amide bonds. The molecule has 0 spiro atoms. The van der Waals surface area contributed by atoms with Gasteiger partial charge >= 0.3 is 0 Å². The minimum Gasteiger partial charge on any atom is -0.490 e. The number of rotatable bonds is 6. The molecule has 0 unspecified atom stereocenters. The molecular weight excluding hydrogens is 596 g/mol. The van der Waals surface area contributed by atoms with Crippen LogP contribution < -0.4 is 14.2 Å². The third kappa shape index (κ3) is 5.57. The summed E-state index contributed by atoms with van der Waals surface area (Å²) in [6, 6.07) is 19.4. The quantitative estimate of drug-likeness (QED) is 0.374. The second-order valence-corrected chi connectivity index (χ2v) is 13.2. The van der Waals surface area contributed by atoms with Crippen LogP contribution in [0.5, 0.6) is 17.2 Å². The first kappa shape index (κ1) is 27.1. The number of carbonyl (C=O) groups is 1. The lowest BCUT2D eigenvalue weighted by atomic mass is 9.98. The standard InChI is InChI=1S/C30H31BrN2O6S/c31-27-4-2-1-3-26(27)30(34)33-15-11-21(12-16-33)32-17-13-23(14-18-32)39-22-5-7-24(8-6-22)40(35,36)25-9-10-28-29(19-25)38-20-37-28/h1-10,19,21,23H,11-18,20H2. The minimum absolute atomic E-state index is 0.0877. The third-order valence-electron chi connectivity index (χ3n) is 7.94. The number of piperidine rings is 2. The first-order valence-electron chi connectivity index (χ1n) is 13.6. The van der Waals surface area contributed by atoms with Gasteiger partial charge < -0.3 is 19.1 Å². The van der Waals surface area contributed by atoms with E-state index in [1.165, 1.54) is 12.1 Å².